The minimum Gasteiger partial charge on any atom is -0.461 e. The zero-order valence-corrected chi connectivity index (χ0v) is 14.6. The molecule has 7 heteroatoms. The van der Waals surface area contributed by atoms with Gasteiger partial charge < -0.3 is 4.74 Å². The number of ether oxygens (including phenoxy) is 1. The molecule has 0 radical (unpaired) electrons. The Kier molecular flexibility index (Phi) is 6.77. The summed E-state index contributed by atoms with van der Waals surface area (Å²) in [6.07, 6.45) is 0. The van der Waals surface area contributed by atoms with Gasteiger partial charge in [-0.2, -0.15) is 5.10 Å². The number of nitrogens with one attached hydrogen (secondary N) is 1. The third-order valence-corrected chi connectivity index (χ3v) is 4.17. The Balaban J connectivity index is 2.19. The molecule has 4 nitrogen and oxygen atoms in total. The van der Waals surface area contributed by atoms with Gasteiger partial charge in [-0.05, 0) is 43.3 Å². The summed E-state index contributed by atoms with van der Waals surface area (Å²) in [5, 5.41) is 5.44. The summed E-state index contributed by atoms with van der Waals surface area (Å²) in [6, 6.07) is 14.2. The number of anilines is 1. The van der Waals surface area contributed by atoms with Crippen LogP contribution in [0.4, 0.5) is 5.69 Å². The van der Waals surface area contributed by atoms with E-state index in [0.29, 0.717) is 15.7 Å². The van der Waals surface area contributed by atoms with Crippen LogP contribution in [0.2, 0.25) is 10.0 Å². The lowest BCUT2D eigenvalue weighted by Crippen LogP contribution is -2.16. The SMILES string of the molecule is CCOC(=O)/C(=N\Nc1ccccc1Cl)Sc1ccc(Cl)cc1. The van der Waals surface area contributed by atoms with Crippen molar-refractivity contribution in [3.05, 3.63) is 58.6 Å². The van der Waals surface area contributed by atoms with Crippen LogP contribution in [-0.2, 0) is 9.53 Å². The molecule has 120 valence electrons. The van der Waals surface area contributed by atoms with E-state index >= 15 is 0 Å². The number of esters is 1. The summed E-state index contributed by atoms with van der Waals surface area (Å²) in [5.74, 6) is -0.507. The van der Waals surface area contributed by atoms with Gasteiger partial charge in [0, 0.05) is 9.92 Å². The van der Waals surface area contributed by atoms with Crippen molar-refractivity contribution in [3.63, 3.8) is 0 Å². The van der Waals surface area contributed by atoms with E-state index in [1.807, 2.05) is 12.1 Å². The van der Waals surface area contributed by atoms with Gasteiger partial charge in [0.05, 0.1) is 17.3 Å². The Labute approximate surface area is 148 Å². The van der Waals surface area contributed by atoms with Crippen LogP contribution in [0.1, 0.15) is 6.92 Å². The molecular weight excluding hydrogens is 355 g/mol. The lowest BCUT2D eigenvalue weighted by Gasteiger charge is -2.08. The van der Waals surface area contributed by atoms with Crippen molar-refractivity contribution in [1.82, 2.24) is 0 Å². The largest absolute Gasteiger partial charge is 0.461 e. The average molecular weight is 369 g/mol. The monoisotopic (exact) mass is 368 g/mol. The molecule has 2 aromatic carbocycles. The van der Waals surface area contributed by atoms with Crippen LogP contribution in [0.25, 0.3) is 0 Å². The fourth-order valence-electron chi connectivity index (χ4n) is 1.58. The number of thioether (sulfide) groups is 1. The van der Waals surface area contributed by atoms with Crippen molar-refractivity contribution in [2.24, 2.45) is 5.10 Å². The van der Waals surface area contributed by atoms with Crippen molar-refractivity contribution in [3.8, 4) is 0 Å². The fraction of sp³-hybridized carbons (Fsp3) is 0.125. The van der Waals surface area contributed by atoms with E-state index in [9.17, 15) is 4.79 Å². The lowest BCUT2D eigenvalue weighted by atomic mass is 10.3. The number of carbonyl (C=O) groups is 1. The van der Waals surface area contributed by atoms with E-state index in [0.717, 1.165) is 4.90 Å². The highest BCUT2D eigenvalue weighted by Crippen LogP contribution is 2.24. The molecule has 2 aromatic rings. The first kappa shape index (κ1) is 17.7. The van der Waals surface area contributed by atoms with Crippen molar-refractivity contribution >= 4 is 51.7 Å². The van der Waals surface area contributed by atoms with Crippen LogP contribution in [0.3, 0.4) is 0 Å². The average Bonchev–Trinajstić information content (AvgIpc) is 2.55. The molecule has 0 aliphatic rings. The first-order chi connectivity index (χ1) is 11.1. The van der Waals surface area contributed by atoms with E-state index in [4.69, 9.17) is 27.9 Å². The number of hydrogen-bond acceptors (Lipinski definition) is 5. The number of para-hydroxylation sites is 1. The number of hydrazone groups is 1. The molecule has 0 unspecified atom stereocenters. The van der Waals surface area contributed by atoms with Crippen LogP contribution < -0.4 is 5.43 Å². The van der Waals surface area contributed by atoms with Gasteiger partial charge in [0.2, 0.25) is 5.04 Å². The molecule has 0 amide bonds. The quantitative estimate of drug-likeness (QED) is 0.269. The summed E-state index contributed by atoms with van der Waals surface area (Å²) in [5.41, 5.74) is 3.40. The van der Waals surface area contributed by atoms with Gasteiger partial charge in [0.15, 0.2) is 0 Å². The smallest absolute Gasteiger partial charge is 0.365 e. The Hall–Kier alpha value is -1.69. The summed E-state index contributed by atoms with van der Waals surface area (Å²) in [6.45, 7) is 2.01. The lowest BCUT2D eigenvalue weighted by molar-refractivity contribution is -0.134. The van der Waals surface area contributed by atoms with Crippen LogP contribution in [-0.4, -0.2) is 17.6 Å². The number of nitrogens with zero attached hydrogens (tertiary/aromatic N) is 1. The molecule has 0 bridgehead atoms. The molecule has 1 N–H and O–H groups in total. The van der Waals surface area contributed by atoms with Gasteiger partial charge >= 0.3 is 5.97 Å². The highest BCUT2D eigenvalue weighted by molar-refractivity contribution is 8.15. The summed E-state index contributed by atoms with van der Waals surface area (Å²) in [4.78, 5) is 12.9. The van der Waals surface area contributed by atoms with E-state index < -0.39 is 5.97 Å². The molecule has 0 saturated heterocycles. The number of hydrogen-bond donors (Lipinski definition) is 1. The van der Waals surface area contributed by atoms with Gasteiger partial charge in [0.25, 0.3) is 0 Å². The maximum absolute atomic E-state index is 12.0. The Morgan fingerprint density at radius 3 is 2.52 bits per heavy atom. The van der Waals surface area contributed by atoms with Crippen LogP contribution >= 0.6 is 35.0 Å². The van der Waals surface area contributed by atoms with E-state index in [1.165, 1.54) is 11.8 Å². The van der Waals surface area contributed by atoms with E-state index in [2.05, 4.69) is 10.5 Å². The Morgan fingerprint density at radius 2 is 1.87 bits per heavy atom. The van der Waals surface area contributed by atoms with Crippen LogP contribution in [0.5, 0.6) is 0 Å². The second-order valence-electron chi connectivity index (χ2n) is 4.29. The molecule has 0 atom stereocenters. The predicted molar refractivity (Wildman–Crippen MR) is 96.5 cm³/mol. The Morgan fingerprint density at radius 1 is 1.17 bits per heavy atom. The maximum Gasteiger partial charge on any atom is 0.365 e. The highest BCUT2D eigenvalue weighted by Gasteiger charge is 2.15. The van der Waals surface area contributed by atoms with Gasteiger partial charge in [-0.1, -0.05) is 47.1 Å². The first-order valence-electron chi connectivity index (χ1n) is 6.79. The zero-order chi connectivity index (χ0) is 16.7. The number of rotatable bonds is 4. The molecular formula is C16H14Cl2N2O2S. The molecule has 0 spiro atoms. The van der Waals surface area contributed by atoms with Crippen molar-refractivity contribution in [1.29, 1.82) is 0 Å². The van der Waals surface area contributed by atoms with Crippen molar-refractivity contribution in [2.45, 2.75) is 11.8 Å². The molecule has 0 aliphatic carbocycles. The number of halogens is 2. The topological polar surface area (TPSA) is 50.7 Å². The third kappa shape index (κ3) is 5.46. The van der Waals surface area contributed by atoms with Crippen molar-refractivity contribution in [2.75, 3.05) is 12.0 Å². The number of carbonyl (C=O) groups excluding carboxylic acids is 1. The minimum atomic E-state index is -0.507. The zero-order valence-electron chi connectivity index (χ0n) is 12.3. The molecule has 23 heavy (non-hydrogen) atoms. The maximum atomic E-state index is 12.0. The standard InChI is InChI=1S/C16H14Cl2N2O2S/c1-2-22-16(21)15(23-12-9-7-11(17)8-10-12)20-19-14-6-4-3-5-13(14)18/h3-10,19H,2H2,1H3/b20-15+. The number of benzene rings is 2. The first-order valence-corrected chi connectivity index (χ1v) is 8.36. The second-order valence-corrected chi connectivity index (χ2v) is 6.19. The predicted octanol–water partition coefficient (Wildman–Crippen LogP) is 5.07. The van der Waals surface area contributed by atoms with Crippen LogP contribution in [0, 0.1) is 0 Å². The summed E-state index contributed by atoms with van der Waals surface area (Å²) < 4.78 is 5.03. The van der Waals surface area contributed by atoms with Gasteiger partial charge in [-0.15, -0.1) is 0 Å². The normalized spacial score (nSPS) is 11.2. The minimum absolute atomic E-state index is 0.175. The molecule has 0 aliphatic heterocycles. The van der Waals surface area contributed by atoms with Gasteiger partial charge in [0.1, 0.15) is 0 Å². The van der Waals surface area contributed by atoms with E-state index in [1.54, 1.807) is 43.3 Å². The molecule has 0 fully saturated rings. The molecule has 0 saturated carbocycles. The van der Waals surface area contributed by atoms with Crippen molar-refractivity contribution < 1.29 is 9.53 Å². The van der Waals surface area contributed by atoms with Crippen LogP contribution in [0.15, 0.2) is 58.5 Å². The molecule has 2 rings (SSSR count). The highest BCUT2D eigenvalue weighted by atomic mass is 35.5. The Bertz CT molecular complexity index is 705. The molecule has 0 aromatic heterocycles. The fourth-order valence-corrected chi connectivity index (χ4v) is 2.61. The van der Waals surface area contributed by atoms with Gasteiger partial charge in [-0.3, -0.25) is 5.43 Å². The summed E-state index contributed by atoms with van der Waals surface area (Å²) in [7, 11) is 0. The second kappa shape index (κ2) is 8.82. The summed E-state index contributed by atoms with van der Waals surface area (Å²) >= 11 is 13.1. The van der Waals surface area contributed by atoms with Gasteiger partial charge in [-0.25, -0.2) is 4.79 Å². The van der Waals surface area contributed by atoms with E-state index in [-0.39, 0.29) is 11.7 Å². The third-order valence-electron chi connectivity index (χ3n) is 2.63. The molecule has 0 heterocycles.